The number of urea groups is 1. The number of nitrogens with zero attached hydrogens (tertiary/aromatic N) is 4. The van der Waals surface area contributed by atoms with E-state index in [0.29, 0.717) is 17.0 Å². The van der Waals surface area contributed by atoms with Crippen LogP contribution in [0.25, 0.3) is 11.5 Å². The summed E-state index contributed by atoms with van der Waals surface area (Å²) in [5, 5.41) is 19.4. The van der Waals surface area contributed by atoms with E-state index in [-0.39, 0.29) is 12.4 Å². The van der Waals surface area contributed by atoms with Gasteiger partial charge in [0.1, 0.15) is 5.54 Å². The van der Waals surface area contributed by atoms with E-state index in [2.05, 4.69) is 15.5 Å². The van der Waals surface area contributed by atoms with Gasteiger partial charge in [0.05, 0.1) is 23.7 Å². The predicted molar refractivity (Wildman–Crippen MR) is 95.2 cm³/mol. The first-order valence-electron chi connectivity index (χ1n) is 8.01. The van der Waals surface area contributed by atoms with Crippen LogP contribution in [0.3, 0.4) is 0 Å². The van der Waals surface area contributed by atoms with Crippen molar-refractivity contribution in [2.45, 2.75) is 19.0 Å². The number of imide groups is 1. The molecule has 0 unspecified atom stereocenters. The molecular formula is C18H13N5O3S. The number of rotatable bonds is 4. The summed E-state index contributed by atoms with van der Waals surface area (Å²) in [6.07, 6.45) is 0. The Labute approximate surface area is 158 Å². The van der Waals surface area contributed by atoms with Crippen molar-refractivity contribution in [2.75, 3.05) is 0 Å². The Hall–Kier alpha value is -3.51. The van der Waals surface area contributed by atoms with Crippen LogP contribution in [0, 0.1) is 11.3 Å². The summed E-state index contributed by atoms with van der Waals surface area (Å²) in [5.74, 6) is 0.127. The van der Waals surface area contributed by atoms with Gasteiger partial charge in [-0.15, -0.1) is 0 Å². The Balaban J connectivity index is 1.59. The maximum Gasteiger partial charge on any atom is 0.325 e. The van der Waals surface area contributed by atoms with Gasteiger partial charge in [-0.25, -0.2) is 4.79 Å². The Kier molecular flexibility index (Phi) is 3.97. The van der Waals surface area contributed by atoms with E-state index in [1.165, 1.54) is 11.3 Å². The summed E-state index contributed by atoms with van der Waals surface area (Å²) in [5.41, 5.74) is 0.473. The van der Waals surface area contributed by atoms with Crippen molar-refractivity contribution in [1.29, 1.82) is 5.26 Å². The fourth-order valence-electron chi connectivity index (χ4n) is 2.90. The van der Waals surface area contributed by atoms with E-state index < -0.39 is 17.5 Å². The monoisotopic (exact) mass is 379 g/mol. The molecule has 1 N–H and O–H groups in total. The molecule has 1 saturated heterocycles. The van der Waals surface area contributed by atoms with E-state index in [0.717, 1.165) is 10.5 Å². The van der Waals surface area contributed by atoms with Crippen LogP contribution in [0.5, 0.6) is 0 Å². The number of carbonyl (C=O) groups is 2. The predicted octanol–water partition coefficient (Wildman–Crippen LogP) is 2.64. The van der Waals surface area contributed by atoms with E-state index in [1.807, 2.05) is 22.9 Å². The van der Waals surface area contributed by atoms with Crippen molar-refractivity contribution < 1.29 is 14.1 Å². The molecule has 27 heavy (non-hydrogen) atoms. The molecule has 0 radical (unpaired) electrons. The van der Waals surface area contributed by atoms with Gasteiger partial charge in [0.2, 0.25) is 0 Å². The fourth-order valence-corrected chi connectivity index (χ4v) is 3.53. The summed E-state index contributed by atoms with van der Waals surface area (Å²) >= 11 is 1.50. The van der Waals surface area contributed by atoms with Crippen molar-refractivity contribution in [3.05, 3.63) is 58.0 Å². The van der Waals surface area contributed by atoms with Crippen LogP contribution in [-0.2, 0) is 16.9 Å². The third kappa shape index (κ3) is 2.86. The fraction of sp³-hybridized carbons (Fsp3) is 0.167. The molecule has 2 aromatic heterocycles. The van der Waals surface area contributed by atoms with Crippen molar-refractivity contribution in [3.8, 4) is 17.5 Å². The molecule has 1 aromatic carbocycles. The Morgan fingerprint density at radius 3 is 2.96 bits per heavy atom. The first kappa shape index (κ1) is 16.9. The standard InChI is InChI=1S/C18H13N5O3S/c1-18(13-4-2-3-11(7-13)8-19)16(24)23(17(25)21-18)9-14-20-15(26-22-14)12-5-6-27-10-12/h2-7,10H,9H2,1H3,(H,21,25)/t18-/m0/s1. The van der Waals surface area contributed by atoms with Gasteiger partial charge in [-0.05, 0) is 36.1 Å². The molecule has 1 fully saturated rings. The Morgan fingerprint density at radius 1 is 1.37 bits per heavy atom. The molecular weight excluding hydrogens is 366 g/mol. The lowest BCUT2D eigenvalue weighted by atomic mass is 9.91. The van der Waals surface area contributed by atoms with E-state index in [9.17, 15) is 9.59 Å². The van der Waals surface area contributed by atoms with Crippen molar-refractivity contribution >= 4 is 23.3 Å². The zero-order valence-electron chi connectivity index (χ0n) is 14.2. The zero-order valence-corrected chi connectivity index (χ0v) is 15.0. The van der Waals surface area contributed by atoms with Gasteiger partial charge in [-0.3, -0.25) is 9.69 Å². The second-order valence-corrected chi connectivity index (χ2v) is 6.95. The SMILES string of the molecule is C[C@@]1(c2cccc(C#N)c2)NC(=O)N(Cc2noc(-c3ccsc3)n2)C1=O. The largest absolute Gasteiger partial charge is 0.334 e. The lowest BCUT2D eigenvalue weighted by Crippen LogP contribution is -2.40. The summed E-state index contributed by atoms with van der Waals surface area (Å²) in [7, 11) is 0. The molecule has 4 rings (SSSR count). The number of nitrogens with one attached hydrogen (secondary N) is 1. The van der Waals surface area contributed by atoms with Crippen LogP contribution in [0.1, 0.15) is 23.9 Å². The maximum atomic E-state index is 13.0. The average Bonchev–Trinajstić information content (AvgIpc) is 3.40. The van der Waals surface area contributed by atoms with Crippen molar-refractivity contribution in [3.63, 3.8) is 0 Å². The zero-order chi connectivity index (χ0) is 19.0. The minimum atomic E-state index is -1.26. The van der Waals surface area contributed by atoms with Crippen LogP contribution in [0.2, 0.25) is 0 Å². The van der Waals surface area contributed by atoms with Crippen LogP contribution < -0.4 is 5.32 Å². The molecule has 0 saturated carbocycles. The highest BCUT2D eigenvalue weighted by atomic mass is 32.1. The molecule has 3 aromatic rings. The first-order valence-corrected chi connectivity index (χ1v) is 8.95. The number of hydrogen-bond acceptors (Lipinski definition) is 7. The number of nitriles is 1. The average molecular weight is 379 g/mol. The minimum absolute atomic E-state index is 0.105. The smallest absolute Gasteiger partial charge is 0.325 e. The van der Waals surface area contributed by atoms with E-state index >= 15 is 0 Å². The highest BCUT2D eigenvalue weighted by Crippen LogP contribution is 2.30. The van der Waals surface area contributed by atoms with Gasteiger partial charge in [0, 0.05) is 5.38 Å². The van der Waals surface area contributed by atoms with Crippen LogP contribution in [0.15, 0.2) is 45.6 Å². The van der Waals surface area contributed by atoms with Gasteiger partial charge >= 0.3 is 6.03 Å². The third-order valence-electron chi connectivity index (χ3n) is 4.38. The lowest BCUT2D eigenvalue weighted by Gasteiger charge is -2.22. The number of thiophene rings is 1. The van der Waals surface area contributed by atoms with Gasteiger partial charge in [0.15, 0.2) is 5.82 Å². The molecule has 9 heteroatoms. The lowest BCUT2D eigenvalue weighted by molar-refractivity contribution is -0.131. The van der Waals surface area contributed by atoms with Crippen molar-refractivity contribution in [2.24, 2.45) is 0 Å². The Morgan fingerprint density at radius 2 is 2.22 bits per heavy atom. The summed E-state index contributed by atoms with van der Waals surface area (Å²) in [6.45, 7) is 1.50. The summed E-state index contributed by atoms with van der Waals surface area (Å²) in [4.78, 5) is 30.7. The third-order valence-corrected chi connectivity index (χ3v) is 5.06. The van der Waals surface area contributed by atoms with Gasteiger partial charge in [-0.2, -0.15) is 21.6 Å². The highest BCUT2D eigenvalue weighted by Gasteiger charge is 2.49. The molecule has 0 bridgehead atoms. The quantitative estimate of drug-likeness (QED) is 0.698. The summed E-state index contributed by atoms with van der Waals surface area (Å²) < 4.78 is 5.20. The number of hydrogen-bond donors (Lipinski definition) is 1. The number of amides is 3. The van der Waals surface area contributed by atoms with Crippen molar-refractivity contribution in [1.82, 2.24) is 20.4 Å². The number of carbonyl (C=O) groups excluding carboxylic acids is 2. The minimum Gasteiger partial charge on any atom is -0.334 e. The number of aromatic nitrogens is 2. The van der Waals surface area contributed by atoms with Crippen LogP contribution in [-0.4, -0.2) is 27.0 Å². The second-order valence-electron chi connectivity index (χ2n) is 6.17. The van der Waals surface area contributed by atoms with Crippen LogP contribution >= 0.6 is 11.3 Å². The number of benzene rings is 1. The van der Waals surface area contributed by atoms with Gasteiger partial charge in [-0.1, -0.05) is 17.3 Å². The molecule has 0 spiro atoms. The molecule has 1 aliphatic rings. The van der Waals surface area contributed by atoms with Gasteiger partial charge in [0.25, 0.3) is 11.8 Å². The Bertz CT molecular complexity index is 1070. The topological polar surface area (TPSA) is 112 Å². The molecule has 3 amide bonds. The normalized spacial score (nSPS) is 19.2. The molecule has 3 heterocycles. The molecule has 1 atom stereocenters. The summed E-state index contributed by atoms with van der Waals surface area (Å²) in [6, 6.07) is 9.92. The molecule has 1 aliphatic heterocycles. The van der Waals surface area contributed by atoms with Crippen LogP contribution in [0.4, 0.5) is 4.79 Å². The molecule has 0 aliphatic carbocycles. The first-order chi connectivity index (χ1) is 13.0. The second kappa shape index (κ2) is 6.34. The molecule has 134 valence electrons. The highest BCUT2D eigenvalue weighted by molar-refractivity contribution is 7.08. The van der Waals surface area contributed by atoms with E-state index in [1.54, 1.807) is 31.2 Å². The maximum absolute atomic E-state index is 13.0. The molecule has 8 nitrogen and oxygen atoms in total. The van der Waals surface area contributed by atoms with E-state index in [4.69, 9.17) is 9.78 Å². The van der Waals surface area contributed by atoms with Gasteiger partial charge < -0.3 is 9.84 Å².